The summed E-state index contributed by atoms with van der Waals surface area (Å²) >= 11 is 0. The van der Waals surface area contributed by atoms with Gasteiger partial charge in [0.1, 0.15) is 5.82 Å². The van der Waals surface area contributed by atoms with E-state index < -0.39 is 0 Å². The largest absolute Gasteiger partial charge is 0.380 e. The number of halogens is 1. The first-order valence-corrected chi connectivity index (χ1v) is 4.66. The Hall–Kier alpha value is -0.930. The lowest BCUT2D eigenvalue weighted by atomic mass is 9.96. The summed E-state index contributed by atoms with van der Waals surface area (Å²) in [6.45, 7) is 2.99. The van der Waals surface area contributed by atoms with Crippen LogP contribution in [0.2, 0.25) is 0 Å². The molecule has 0 spiro atoms. The molecule has 2 nitrogen and oxygen atoms in total. The van der Waals surface area contributed by atoms with E-state index >= 15 is 0 Å². The number of nitrogens with two attached hydrogens (primary N) is 1. The Morgan fingerprint density at radius 2 is 2.21 bits per heavy atom. The summed E-state index contributed by atoms with van der Waals surface area (Å²) in [5.41, 5.74) is 7.50. The van der Waals surface area contributed by atoms with Crippen molar-refractivity contribution in [3.8, 4) is 0 Å². The molecule has 0 heterocycles. The van der Waals surface area contributed by atoms with Crippen LogP contribution in [-0.4, -0.2) is 13.7 Å². The van der Waals surface area contributed by atoms with Gasteiger partial charge in [-0.05, 0) is 35.7 Å². The van der Waals surface area contributed by atoms with Gasteiger partial charge in [0.15, 0.2) is 0 Å². The van der Waals surface area contributed by atoms with Crippen LogP contribution in [0.1, 0.15) is 24.0 Å². The smallest absolute Gasteiger partial charge is 0.123 e. The fourth-order valence-corrected chi connectivity index (χ4v) is 1.44. The Bertz CT molecular complexity index is 301. The van der Waals surface area contributed by atoms with Crippen LogP contribution in [0.25, 0.3) is 0 Å². The van der Waals surface area contributed by atoms with Gasteiger partial charge in [-0.1, -0.05) is 13.0 Å². The first-order chi connectivity index (χ1) is 6.69. The van der Waals surface area contributed by atoms with Crippen molar-refractivity contribution < 1.29 is 9.13 Å². The highest BCUT2D eigenvalue weighted by atomic mass is 19.1. The van der Waals surface area contributed by atoms with E-state index in [4.69, 9.17) is 10.5 Å². The van der Waals surface area contributed by atoms with Crippen molar-refractivity contribution in [3.05, 3.63) is 35.1 Å². The third kappa shape index (κ3) is 2.53. The third-order valence-corrected chi connectivity index (χ3v) is 2.29. The van der Waals surface area contributed by atoms with Crippen molar-refractivity contribution >= 4 is 0 Å². The molecule has 1 aromatic rings. The minimum absolute atomic E-state index is 0.163. The molecule has 0 fully saturated rings. The van der Waals surface area contributed by atoms with Gasteiger partial charge in [0.05, 0.1) is 6.61 Å². The second kappa shape index (κ2) is 5.08. The lowest BCUT2D eigenvalue weighted by molar-refractivity contribution is 0.183. The topological polar surface area (TPSA) is 35.2 Å². The number of hydrogen-bond donors (Lipinski definition) is 1. The summed E-state index contributed by atoms with van der Waals surface area (Å²) in [4.78, 5) is 0. The molecule has 2 N–H and O–H groups in total. The zero-order valence-electron chi connectivity index (χ0n) is 8.59. The Morgan fingerprint density at radius 3 is 2.79 bits per heavy atom. The van der Waals surface area contributed by atoms with Crippen molar-refractivity contribution in [2.45, 2.75) is 19.4 Å². The van der Waals surface area contributed by atoms with Crippen LogP contribution in [-0.2, 0) is 11.3 Å². The van der Waals surface area contributed by atoms with E-state index in [1.165, 1.54) is 12.1 Å². The minimum atomic E-state index is -0.222. The highest BCUT2D eigenvalue weighted by Gasteiger charge is 2.09. The lowest BCUT2D eigenvalue weighted by Crippen LogP contribution is -2.11. The second-order valence-electron chi connectivity index (χ2n) is 3.41. The van der Waals surface area contributed by atoms with Gasteiger partial charge < -0.3 is 10.5 Å². The highest BCUT2D eigenvalue weighted by molar-refractivity contribution is 5.30. The molecule has 1 rings (SSSR count). The molecule has 0 aliphatic heterocycles. The Balaban J connectivity index is 3.02. The van der Waals surface area contributed by atoms with E-state index in [2.05, 4.69) is 0 Å². The number of hydrogen-bond acceptors (Lipinski definition) is 2. The average molecular weight is 197 g/mol. The van der Waals surface area contributed by atoms with E-state index in [0.717, 1.165) is 11.1 Å². The van der Waals surface area contributed by atoms with Crippen LogP contribution in [0.5, 0.6) is 0 Å². The molecule has 14 heavy (non-hydrogen) atoms. The summed E-state index contributed by atoms with van der Waals surface area (Å²) < 4.78 is 18.0. The maximum atomic E-state index is 13.0. The molecule has 0 aliphatic rings. The maximum Gasteiger partial charge on any atom is 0.123 e. The average Bonchev–Trinajstić information content (AvgIpc) is 2.20. The first-order valence-electron chi connectivity index (χ1n) is 4.66. The summed E-state index contributed by atoms with van der Waals surface area (Å²) in [7, 11) is 1.63. The minimum Gasteiger partial charge on any atom is -0.380 e. The van der Waals surface area contributed by atoms with Crippen LogP contribution in [0, 0.1) is 5.82 Å². The molecule has 0 saturated heterocycles. The second-order valence-corrected chi connectivity index (χ2v) is 3.41. The standard InChI is InChI=1S/C11H16FNO/c1-8(6-13)11-5-10(12)4-3-9(11)7-14-2/h3-5,8H,6-7,13H2,1-2H3. The molecule has 3 heteroatoms. The first kappa shape index (κ1) is 11.1. The summed E-state index contributed by atoms with van der Waals surface area (Å²) in [5, 5.41) is 0. The van der Waals surface area contributed by atoms with Crippen molar-refractivity contribution in [1.82, 2.24) is 0 Å². The molecular weight excluding hydrogens is 181 g/mol. The van der Waals surface area contributed by atoms with Gasteiger partial charge in [-0.2, -0.15) is 0 Å². The van der Waals surface area contributed by atoms with E-state index in [9.17, 15) is 4.39 Å². The molecule has 0 aliphatic carbocycles. The normalized spacial score (nSPS) is 12.9. The quantitative estimate of drug-likeness (QED) is 0.801. The molecule has 0 bridgehead atoms. The van der Waals surface area contributed by atoms with Gasteiger partial charge >= 0.3 is 0 Å². The van der Waals surface area contributed by atoms with Crippen molar-refractivity contribution in [3.63, 3.8) is 0 Å². The molecule has 1 aromatic carbocycles. The number of ether oxygens (including phenoxy) is 1. The Kier molecular flexibility index (Phi) is 4.04. The SMILES string of the molecule is COCc1ccc(F)cc1C(C)CN. The van der Waals surface area contributed by atoms with Crippen LogP contribution >= 0.6 is 0 Å². The number of methoxy groups -OCH3 is 1. The van der Waals surface area contributed by atoms with Gasteiger partial charge in [-0.25, -0.2) is 4.39 Å². The molecular formula is C11H16FNO. The predicted octanol–water partition coefficient (Wildman–Crippen LogP) is 2.03. The molecule has 1 unspecified atom stereocenters. The monoisotopic (exact) mass is 197 g/mol. The molecule has 1 atom stereocenters. The zero-order valence-corrected chi connectivity index (χ0v) is 8.59. The van der Waals surface area contributed by atoms with E-state index in [0.29, 0.717) is 13.2 Å². The fourth-order valence-electron chi connectivity index (χ4n) is 1.44. The van der Waals surface area contributed by atoms with Crippen molar-refractivity contribution in [2.75, 3.05) is 13.7 Å². The molecule has 0 aromatic heterocycles. The Labute approximate surface area is 83.9 Å². The van der Waals surface area contributed by atoms with Gasteiger partial charge in [-0.15, -0.1) is 0 Å². The third-order valence-electron chi connectivity index (χ3n) is 2.29. The van der Waals surface area contributed by atoms with Crippen molar-refractivity contribution in [1.29, 1.82) is 0 Å². The highest BCUT2D eigenvalue weighted by Crippen LogP contribution is 2.20. The summed E-state index contributed by atoms with van der Waals surface area (Å²) in [6, 6.07) is 4.73. The lowest BCUT2D eigenvalue weighted by Gasteiger charge is -2.14. The Morgan fingerprint density at radius 1 is 1.50 bits per heavy atom. The van der Waals surface area contributed by atoms with Crippen molar-refractivity contribution in [2.24, 2.45) is 5.73 Å². The van der Waals surface area contributed by atoms with Crippen LogP contribution in [0.4, 0.5) is 4.39 Å². The molecule has 78 valence electrons. The van der Waals surface area contributed by atoms with E-state index in [1.807, 2.05) is 6.92 Å². The molecule has 0 amide bonds. The fraction of sp³-hybridized carbons (Fsp3) is 0.455. The van der Waals surface area contributed by atoms with Gasteiger partial charge in [0, 0.05) is 7.11 Å². The molecule has 0 saturated carbocycles. The number of benzene rings is 1. The van der Waals surface area contributed by atoms with Gasteiger partial charge in [-0.3, -0.25) is 0 Å². The van der Waals surface area contributed by atoms with Crippen LogP contribution in [0.15, 0.2) is 18.2 Å². The predicted molar refractivity (Wildman–Crippen MR) is 54.6 cm³/mol. The number of rotatable bonds is 4. The maximum absolute atomic E-state index is 13.0. The van der Waals surface area contributed by atoms with Gasteiger partial charge in [0.2, 0.25) is 0 Å². The van der Waals surface area contributed by atoms with Crippen LogP contribution < -0.4 is 5.73 Å². The van der Waals surface area contributed by atoms with Crippen LogP contribution in [0.3, 0.4) is 0 Å². The summed E-state index contributed by atoms with van der Waals surface area (Å²) in [6.07, 6.45) is 0. The van der Waals surface area contributed by atoms with Gasteiger partial charge in [0.25, 0.3) is 0 Å². The van der Waals surface area contributed by atoms with E-state index in [1.54, 1.807) is 13.2 Å². The molecule has 0 radical (unpaired) electrons. The summed E-state index contributed by atoms with van der Waals surface area (Å²) in [5.74, 6) is -0.0593. The zero-order chi connectivity index (χ0) is 10.6. The van der Waals surface area contributed by atoms with E-state index in [-0.39, 0.29) is 11.7 Å².